The number of rotatable bonds is 8. The zero-order chi connectivity index (χ0) is 12.5. The van der Waals surface area contributed by atoms with Gasteiger partial charge in [0, 0.05) is 12.1 Å². The Morgan fingerprint density at radius 3 is 2.76 bits per heavy atom. The molecule has 0 bridgehead atoms. The van der Waals surface area contributed by atoms with Gasteiger partial charge in [-0.05, 0) is 26.0 Å². The monoisotopic (exact) mass is 237 g/mol. The molecule has 0 radical (unpaired) electrons. The number of ether oxygens (including phenoxy) is 2. The standard InChI is InChI=1S/C14H23NO2/c1-4-7-15-8-9-17-11-13-10-12(2)5-6-14(13)16-3/h5-6,10,15H,4,7-9,11H2,1-3H3. The summed E-state index contributed by atoms with van der Waals surface area (Å²) in [6.45, 7) is 7.53. The molecule has 0 atom stereocenters. The molecular weight excluding hydrogens is 214 g/mol. The van der Waals surface area contributed by atoms with Gasteiger partial charge in [0.05, 0.1) is 20.3 Å². The summed E-state index contributed by atoms with van der Waals surface area (Å²) in [5, 5.41) is 3.31. The fourth-order valence-electron chi connectivity index (χ4n) is 1.65. The third-order valence-electron chi connectivity index (χ3n) is 2.54. The average molecular weight is 237 g/mol. The third-order valence-corrected chi connectivity index (χ3v) is 2.54. The third kappa shape index (κ3) is 5.20. The minimum Gasteiger partial charge on any atom is -0.496 e. The Bertz CT molecular complexity index is 326. The maximum absolute atomic E-state index is 5.62. The van der Waals surface area contributed by atoms with Crippen molar-refractivity contribution in [1.82, 2.24) is 5.32 Å². The number of methoxy groups -OCH3 is 1. The van der Waals surface area contributed by atoms with Crippen LogP contribution in [0.2, 0.25) is 0 Å². The summed E-state index contributed by atoms with van der Waals surface area (Å²) in [7, 11) is 1.69. The lowest BCUT2D eigenvalue weighted by atomic mass is 10.1. The second-order valence-corrected chi connectivity index (χ2v) is 4.12. The van der Waals surface area contributed by atoms with Gasteiger partial charge < -0.3 is 14.8 Å². The Morgan fingerprint density at radius 2 is 2.06 bits per heavy atom. The molecule has 3 heteroatoms. The van der Waals surface area contributed by atoms with Gasteiger partial charge in [-0.2, -0.15) is 0 Å². The first-order chi connectivity index (χ1) is 8.27. The van der Waals surface area contributed by atoms with E-state index in [1.807, 2.05) is 12.1 Å². The zero-order valence-electron chi connectivity index (χ0n) is 11.1. The first kappa shape index (κ1) is 14.0. The summed E-state index contributed by atoms with van der Waals surface area (Å²) in [5.41, 5.74) is 2.34. The number of hydrogen-bond donors (Lipinski definition) is 1. The van der Waals surface area contributed by atoms with Gasteiger partial charge >= 0.3 is 0 Å². The van der Waals surface area contributed by atoms with Gasteiger partial charge in [-0.3, -0.25) is 0 Å². The van der Waals surface area contributed by atoms with Crippen molar-refractivity contribution in [1.29, 1.82) is 0 Å². The molecule has 0 fully saturated rings. The van der Waals surface area contributed by atoms with Crippen LogP contribution in [0, 0.1) is 6.92 Å². The SMILES string of the molecule is CCCNCCOCc1cc(C)ccc1OC. The first-order valence-electron chi connectivity index (χ1n) is 6.20. The van der Waals surface area contributed by atoms with Gasteiger partial charge in [0.25, 0.3) is 0 Å². The Hall–Kier alpha value is -1.06. The lowest BCUT2D eigenvalue weighted by Crippen LogP contribution is -2.20. The zero-order valence-corrected chi connectivity index (χ0v) is 11.1. The van der Waals surface area contributed by atoms with E-state index in [-0.39, 0.29) is 0 Å². The van der Waals surface area contributed by atoms with Crippen LogP contribution in [-0.2, 0) is 11.3 Å². The summed E-state index contributed by atoms with van der Waals surface area (Å²) >= 11 is 0. The van der Waals surface area contributed by atoms with Crippen LogP contribution in [0.5, 0.6) is 5.75 Å². The van der Waals surface area contributed by atoms with Crippen LogP contribution in [0.4, 0.5) is 0 Å². The van der Waals surface area contributed by atoms with Crippen LogP contribution in [0.15, 0.2) is 18.2 Å². The highest BCUT2D eigenvalue weighted by Crippen LogP contribution is 2.20. The maximum atomic E-state index is 5.62. The molecule has 0 aliphatic heterocycles. The highest BCUT2D eigenvalue weighted by atomic mass is 16.5. The van der Waals surface area contributed by atoms with E-state index in [0.717, 1.165) is 37.4 Å². The number of aryl methyl sites for hydroxylation is 1. The molecule has 17 heavy (non-hydrogen) atoms. The van der Waals surface area contributed by atoms with E-state index in [9.17, 15) is 0 Å². The summed E-state index contributed by atoms with van der Waals surface area (Å²) in [6, 6.07) is 6.15. The van der Waals surface area contributed by atoms with Gasteiger partial charge in [0.1, 0.15) is 5.75 Å². The van der Waals surface area contributed by atoms with Gasteiger partial charge in [-0.25, -0.2) is 0 Å². The normalized spacial score (nSPS) is 10.5. The summed E-state index contributed by atoms with van der Waals surface area (Å²) in [4.78, 5) is 0. The lowest BCUT2D eigenvalue weighted by Gasteiger charge is -2.10. The molecule has 3 nitrogen and oxygen atoms in total. The van der Waals surface area contributed by atoms with Crippen LogP contribution < -0.4 is 10.1 Å². The van der Waals surface area contributed by atoms with E-state index in [4.69, 9.17) is 9.47 Å². The van der Waals surface area contributed by atoms with Crippen LogP contribution in [0.3, 0.4) is 0 Å². The van der Waals surface area contributed by atoms with E-state index < -0.39 is 0 Å². The molecule has 0 spiro atoms. The van der Waals surface area contributed by atoms with Gasteiger partial charge in [-0.1, -0.05) is 24.6 Å². The summed E-state index contributed by atoms with van der Waals surface area (Å²) in [5.74, 6) is 0.900. The Labute approximate surface area is 104 Å². The fourth-order valence-corrected chi connectivity index (χ4v) is 1.65. The van der Waals surface area contributed by atoms with E-state index in [0.29, 0.717) is 6.61 Å². The molecule has 0 heterocycles. The predicted molar refractivity (Wildman–Crippen MR) is 70.5 cm³/mol. The van der Waals surface area contributed by atoms with Gasteiger partial charge in [0.15, 0.2) is 0 Å². The van der Waals surface area contributed by atoms with Crippen molar-refractivity contribution in [3.05, 3.63) is 29.3 Å². The maximum Gasteiger partial charge on any atom is 0.124 e. The molecule has 1 aromatic carbocycles. The molecule has 0 aliphatic rings. The highest BCUT2D eigenvalue weighted by Gasteiger charge is 2.02. The van der Waals surface area contributed by atoms with Gasteiger partial charge in [-0.15, -0.1) is 0 Å². The smallest absolute Gasteiger partial charge is 0.124 e. The van der Waals surface area contributed by atoms with Crippen LogP contribution >= 0.6 is 0 Å². The van der Waals surface area contributed by atoms with E-state index in [2.05, 4.69) is 25.2 Å². The van der Waals surface area contributed by atoms with Gasteiger partial charge in [0.2, 0.25) is 0 Å². The largest absolute Gasteiger partial charge is 0.496 e. The highest BCUT2D eigenvalue weighted by molar-refractivity contribution is 5.36. The van der Waals surface area contributed by atoms with E-state index in [1.54, 1.807) is 7.11 Å². The second kappa shape index (κ2) is 8.09. The van der Waals surface area contributed by atoms with Crippen LogP contribution in [0.1, 0.15) is 24.5 Å². The molecule has 0 saturated heterocycles. The minimum absolute atomic E-state index is 0.610. The molecule has 0 aromatic heterocycles. The van der Waals surface area contributed by atoms with Crippen molar-refractivity contribution < 1.29 is 9.47 Å². The summed E-state index contributed by atoms with van der Waals surface area (Å²) in [6.07, 6.45) is 1.16. The van der Waals surface area contributed by atoms with E-state index >= 15 is 0 Å². The van der Waals surface area contributed by atoms with Crippen molar-refractivity contribution >= 4 is 0 Å². The molecule has 0 unspecified atom stereocenters. The Morgan fingerprint density at radius 1 is 1.24 bits per heavy atom. The number of hydrogen-bond acceptors (Lipinski definition) is 3. The minimum atomic E-state index is 0.610. The molecule has 0 aliphatic carbocycles. The topological polar surface area (TPSA) is 30.5 Å². The number of benzene rings is 1. The predicted octanol–water partition coefficient (Wildman–Crippen LogP) is 2.52. The Kier molecular flexibility index (Phi) is 6.67. The quantitative estimate of drug-likeness (QED) is 0.705. The molecule has 1 aromatic rings. The average Bonchev–Trinajstić information content (AvgIpc) is 2.34. The van der Waals surface area contributed by atoms with E-state index in [1.165, 1.54) is 5.56 Å². The van der Waals surface area contributed by atoms with Crippen molar-refractivity contribution in [2.45, 2.75) is 26.9 Å². The summed E-state index contributed by atoms with van der Waals surface area (Å²) < 4.78 is 10.9. The van der Waals surface area contributed by atoms with Crippen molar-refractivity contribution in [3.8, 4) is 5.75 Å². The molecule has 1 rings (SSSR count). The molecule has 0 amide bonds. The lowest BCUT2D eigenvalue weighted by molar-refractivity contribution is 0.121. The van der Waals surface area contributed by atoms with Crippen LogP contribution in [0.25, 0.3) is 0 Å². The molecule has 0 saturated carbocycles. The second-order valence-electron chi connectivity index (χ2n) is 4.12. The fraction of sp³-hybridized carbons (Fsp3) is 0.571. The van der Waals surface area contributed by atoms with Crippen molar-refractivity contribution in [3.63, 3.8) is 0 Å². The van der Waals surface area contributed by atoms with Crippen LogP contribution in [-0.4, -0.2) is 26.8 Å². The molecular formula is C14H23NO2. The molecule has 96 valence electrons. The van der Waals surface area contributed by atoms with Crippen molar-refractivity contribution in [2.24, 2.45) is 0 Å². The van der Waals surface area contributed by atoms with Crippen molar-refractivity contribution in [2.75, 3.05) is 26.8 Å². The first-order valence-corrected chi connectivity index (χ1v) is 6.20. The Balaban J connectivity index is 2.32. The number of nitrogens with one attached hydrogen (secondary N) is 1. The molecule has 1 N–H and O–H groups in total.